The molecule has 0 atom stereocenters. The largest absolute Gasteiger partial charge is 0.478 e. The number of alkyl halides is 3. The Balaban J connectivity index is 2.02. The van der Waals surface area contributed by atoms with Crippen molar-refractivity contribution in [2.75, 3.05) is 0 Å². The lowest BCUT2D eigenvalue weighted by atomic mass is 10.1. The van der Waals surface area contributed by atoms with E-state index in [1.165, 1.54) is 12.1 Å². The zero-order chi connectivity index (χ0) is 18.4. The van der Waals surface area contributed by atoms with Gasteiger partial charge >= 0.3 is 12.1 Å². The molecule has 0 bridgehead atoms. The number of nitrogens with zero attached hydrogens (tertiary/aromatic N) is 2. The SMILES string of the molecule is O=C(O)c1cnc(C(F)(F)F)cc1CN1C(=O)c2ccccc2C1=O. The summed E-state index contributed by atoms with van der Waals surface area (Å²) in [7, 11) is 0. The molecule has 9 heteroatoms. The van der Waals surface area contributed by atoms with Crippen LogP contribution < -0.4 is 0 Å². The molecule has 128 valence electrons. The average molecular weight is 350 g/mol. The highest BCUT2D eigenvalue weighted by molar-refractivity contribution is 6.21. The maximum absolute atomic E-state index is 12.8. The maximum Gasteiger partial charge on any atom is 0.433 e. The van der Waals surface area contributed by atoms with Crippen molar-refractivity contribution in [3.8, 4) is 0 Å². The first-order valence-electron chi connectivity index (χ1n) is 6.95. The van der Waals surface area contributed by atoms with Crippen LogP contribution in [-0.4, -0.2) is 32.8 Å². The van der Waals surface area contributed by atoms with Crippen LogP contribution >= 0.6 is 0 Å². The van der Waals surface area contributed by atoms with Crippen LogP contribution in [0.5, 0.6) is 0 Å². The van der Waals surface area contributed by atoms with Crippen LogP contribution in [0.3, 0.4) is 0 Å². The van der Waals surface area contributed by atoms with E-state index < -0.39 is 41.8 Å². The Labute approximate surface area is 138 Å². The quantitative estimate of drug-likeness (QED) is 0.860. The van der Waals surface area contributed by atoms with Crippen LogP contribution in [-0.2, 0) is 12.7 Å². The van der Waals surface area contributed by atoms with E-state index in [2.05, 4.69) is 4.98 Å². The van der Waals surface area contributed by atoms with E-state index in [1.807, 2.05) is 0 Å². The van der Waals surface area contributed by atoms with E-state index in [0.717, 1.165) is 0 Å². The number of benzene rings is 1. The summed E-state index contributed by atoms with van der Waals surface area (Å²) in [4.78, 5) is 39.6. The van der Waals surface area contributed by atoms with Gasteiger partial charge in [0.15, 0.2) is 0 Å². The molecule has 1 aromatic heterocycles. The standard InChI is InChI=1S/C16H9F3N2O4/c17-16(18,19)12-5-8(11(6-20-12)15(24)25)7-21-13(22)9-3-1-2-4-10(9)14(21)23/h1-6H,7H2,(H,24,25). The van der Waals surface area contributed by atoms with E-state index in [0.29, 0.717) is 17.2 Å². The lowest BCUT2D eigenvalue weighted by Crippen LogP contribution is -2.30. The lowest BCUT2D eigenvalue weighted by molar-refractivity contribution is -0.141. The molecule has 0 unspecified atom stereocenters. The first-order chi connectivity index (χ1) is 11.7. The predicted molar refractivity (Wildman–Crippen MR) is 76.8 cm³/mol. The molecule has 1 aliphatic rings. The van der Waals surface area contributed by atoms with Gasteiger partial charge in [-0.05, 0) is 23.8 Å². The number of amides is 2. The second-order valence-electron chi connectivity index (χ2n) is 5.27. The smallest absolute Gasteiger partial charge is 0.433 e. The Morgan fingerprint density at radius 1 is 1.12 bits per heavy atom. The van der Waals surface area contributed by atoms with Crippen LogP contribution in [0.4, 0.5) is 13.2 Å². The molecule has 2 amide bonds. The van der Waals surface area contributed by atoms with Gasteiger partial charge in [0, 0.05) is 6.20 Å². The molecule has 2 heterocycles. The fourth-order valence-electron chi connectivity index (χ4n) is 2.53. The number of carbonyl (C=O) groups excluding carboxylic acids is 2. The summed E-state index contributed by atoms with van der Waals surface area (Å²) >= 11 is 0. The fraction of sp³-hybridized carbons (Fsp3) is 0.125. The van der Waals surface area contributed by atoms with Gasteiger partial charge < -0.3 is 5.11 Å². The molecule has 1 aliphatic heterocycles. The minimum Gasteiger partial charge on any atom is -0.478 e. The number of aromatic nitrogens is 1. The van der Waals surface area contributed by atoms with E-state index in [1.54, 1.807) is 12.1 Å². The molecule has 1 aromatic carbocycles. The summed E-state index contributed by atoms with van der Waals surface area (Å²) in [5.74, 6) is -2.89. The maximum atomic E-state index is 12.8. The zero-order valence-electron chi connectivity index (χ0n) is 12.4. The minimum absolute atomic E-state index is 0.120. The van der Waals surface area contributed by atoms with E-state index in [-0.39, 0.29) is 16.7 Å². The molecular formula is C16H9F3N2O4. The van der Waals surface area contributed by atoms with Gasteiger partial charge in [0.1, 0.15) is 5.69 Å². The summed E-state index contributed by atoms with van der Waals surface area (Å²) in [5.41, 5.74) is -1.90. The van der Waals surface area contributed by atoms with Crippen molar-refractivity contribution in [2.45, 2.75) is 12.7 Å². The Bertz CT molecular complexity index is 873. The lowest BCUT2D eigenvalue weighted by Gasteiger charge is -2.16. The third-order valence-electron chi connectivity index (χ3n) is 3.72. The topological polar surface area (TPSA) is 87.6 Å². The molecule has 0 fully saturated rings. The zero-order valence-corrected chi connectivity index (χ0v) is 12.4. The van der Waals surface area contributed by atoms with Gasteiger partial charge in [-0.25, -0.2) is 4.79 Å². The molecule has 0 saturated carbocycles. The number of carboxylic acids is 1. The summed E-state index contributed by atoms with van der Waals surface area (Å²) in [6.07, 6.45) is -4.22. The monoisotopic (exact) mass is 350 g/mol. The summed E-state index contributed by atoms with van der Waals surface area (Å²) < 4.78 is 38.5. The summed E-state index contributed by atoms with van der Waals surface area (Å²) in [5, 5.41) is 9.13. The van der Waals surface area contributed by atoms with Gasteiger partial charge in [-0.1, -0.05) is 12.1 Å². The van der Waals surface area contributed by atoms with Crippen molar-refractivity contribution in [1.29, 1.82) is 0 Å². The van der Waals surface area contributed by atoms with Crippen molar-refractivity contribution >= 4 is 17.8 Å². The van der Waals surface area contributed by atoms with Gasteiger partial charge in [0.05, 0.1) is 23.2 Å². The Morgan fingerprint density at radius 3 is 2.16 bits per heavy atom. The van der Waals surface area contributed by atoms with Crippen LogP contribution in [0.15, 0.2) is 36.5 Å². The fourth-order valence-corrected chi connectivity index (χ4v) is 2.53. The van der Waals surface area contributed by atoms with Crippen molar-refractivity contribution < 1.29 is 32.7 Å². The average Bonchev–Trinajstić information content (AvgIpc) is 2.79. The Morgan fingerprint density at radius 2 is 1.68 bits per heavy atom. The number of hydrogen-bond acceptors (Lipinski definition) is 4. The number of fused-ring (bicyclic) bond motifs is 1. The first kappa shape index (κ1) is 16.6. The molecule has 2 aromatic rings. The highest BCUT2D eigenvalue weighted by Gasteiger charge is 2.37. The number of aromatic carboxylic acids is 1. The molecular weight excluding hydrogens is 341 g/mol. The predicted octanol–water partition coefficient (Wildman–Crippen LogP) is 2.59. The molecule has 0 radical (unpaired) electrons. The number of carbonyl (C=O) groups is 3. The van der Waals surface area contributed by atoms with Crippen molar-refractivity contribution in [2.24, 2.45) is 0 Å². The van der Waals surface area contributed by atoms with E-state index in [9.17, 15) is 27.6 Å². The van der Waals surface area contributed by atoms with Crippen molar-refractivity contribution in [1.82, 2.24) is 9.88 Å². The normalized spacial score (nSPS) is 14.0. The molecule has 3 rings (SSSR count). The highest BCUT2D eigenvalue weighted by Crippen LogP contribution is 2.30. The summed E-state index contributed by atoms with van der Waals surface area (Å²) in [6, 6.07) is 6.46. The minimum atomic E-state index is -4.78. The first-order valence-corrected chi connectivity index (χ1v) is 6.95. The van der Waals surface area contributed by atoms with E-state index in [4.69, 9.17) is 5.11 Å². The number of pyridine rings is 1. The number of rotatable bonds is 3. The van der Waals surface area contributed by atoms with Crippen LogP contribution in [0.25, 0.3) is 0 Å². The number of carboxylic acid groups (broad SMARTS) is 1. The van der Waals surface area contributed by atoms with Gasteiger partial charge in [-0.2, -0.15) is 13.2 Å². The van der Waals surface area contributed by atoms with E-state index >= 15 is 0 Å². The van der Waals surface area contributed by atoms with Gasteiger partial charge in [-0.15, -0.1) is 0 Å². The summed E-state index contributed by atoms with van der Waals surface area (Å²) in [6.45, 7) is -0.598. The van der Waals surface area contributed by atoms with Gasteiger partial charge in [-0.3, -0.25) is 19.5 Å². The highest BCUT2D eigenvalue weighted by atomic mass is 19.4. The van der Waals surface area contributed by atoms with Crippen molar-refractivity contribution in [3.63, 3.8) is 0 Å². The molecule has 1 N–H and O–H groups in total. The van der Waals surface area contributed by atoms with Gasteiger partial charge in [0.25, 0.3) is 11.8 Å². The van der Waals surface area contributed by atoms with Crippen LogP contribution in [0, 0.1) is 0 Å². The number of imide groups is 1. The second-order valence-corrected chi connectivity index (χ2v) is 5.27. The number of hydrogen-bond donors (Lipinski definition) is 1. The number of halogens is 3. The molecule has 0 aliphatic carbocycles. The molecule has 0 spiro atoms. The third kappa shape index (κ3) is 2.84. The third-order valence-corrected chi connectivity index (χ3v) is 3.72. The van der Waals surface area contributed by atoms with Crippen molar-refractivity contribution in [3.05, 3.63) is 64.5 Å². The molecule has 6 nitrogen and oxygen atoms in total. The molecule has 25 heavy (non-hydrogen) atoms. The van der Waals surface area contributed by atoms with Crippen LogP contribution in [0.1, 0.15) is 42.3 Å². The Hall–Kier alpha value is -3.23. The van der Waals surface area contributed by atoms with Gasteiger partial charge in [0.2, 0.25) is 0 Å². The Kier molecular flexibility index (Phi) is 3.78. The molecule has 0 saturated heterocycles. The van der Waals surface area contributed by atoms with Crippen LogP contribution in [0.2, 0.25) is 0 Å². The second kappa shape index (κ2) is 5.69.